The predicted molar refractivity (Wildman–Crippen MR) is 54.3 cm³/mol. The molecule has 0 aliphatic rings. The van der Waals surface area contributed by atoms with Crippen LogP contribution in [0.15, 0.2) is 11.5 Å². The third-order valence-electron chi connectivity index (χ3n) is 1.57. The van der Waals surface area contributed by atoms with Gasteiger partial charge in [0.2, 0.25) is 0 Å². The van der Waals surface area contributed by atoms with Crippen molar-refractivity contribution in [3.05, 3.63) is 12.2 Å². The van der Waals surface area contributed by atoms with Gasteiger partial charge in [-0.25, -0.2) is 4.98 Å². The van der Waals surface area contributed by atoms with Crippen LogP contribution in [0, 0.1) is 6.92 Å². The van der Waals surface area contributed by atoms with E-state index < -0.39 is 0 Å². The summed E-state index contributed by atoms with van der Waals surface area (Å²) in [4.78, 5) is 12.5. The highest BCUT2D eigenvalue weighted by molar-refractivity contribution is 7.99. The molecule has 2 aromatic heterocycles. The van der Waals surface area contributed by atoms with Crippen LogP contribution >= 0.6 is 11.8 Å². The van der Waals surface area contributed by atoms with Gasteiger partial charge in [-0.05, 0) is 6.92 Å². The number of thioether (sulfide) groups is 1. The predicted octanol–water partition coefficient (Wildman–Crippen LogP) is 1.33. The molecular formula is C8H11N5S. The second-order valence-electron chi connectivity index (χ2n) is 3.19. The molecule has 0 saturated heterocycles. The van der Waals surface area contributed by atoms with Gasteiger partial charge in [-0.2, -0.15) is 19.6 Å². The summed E-state index contributed by atoms with van der Waals surface area (Å²) in [5.74, 6) is 1.34. The van der Waals surface area contributed by atoms with E-state index in [2.05, 4.69) is 33.9 Å². The molecule has 0 atom stereocenters. The number of aromatic nitrogens is 5. The van der Waals surface area contributed by atoms with Crippen LogP contribution in [0.4, 0.5) is 0 Å². The van der Waals surface area contributed by atoms with Gasteiger partial charge < -0.3 is 0 Å². The lowest BCUT2D eigenvalue weighted by molar-refractivity contribution is 0.748. The van der Waals surface area contributed by atoms with E-state index >= 15 is 0 Å². The number of rotatable bonds is 2. The lowest BCUT2D eigenvalue weighted by Crippen LogP contribution is -2.03. The van der Waals surface area contributed by atoms with Crippen molar-refractivity contribution in [2.24, 2.45) is 0 Å². The zero-order chi connectivity index (χ0) is 10.1. The maximum absolute atomic E-state index is 4.33. The highest BCUT2D eigenvalue weighted by Gasteiger charge is 2.08. The summed E-state index contributed by atoms with van der Waals surface area (Å²) >= 11 is 1.66. The van der Waals surface area contributed by atoms with Gasteiger partial charge in [0.1, 0.15) is 12.2 Å². The maximum atomic E-state index is 4.33. The Hall–Kier alpha value is -1.17. The van der Waals surface area contributed by atoms with Crippen LogP contribution < -0.4 is 0 Å². The summed E-state index contributed by atoms with van der Waals surface area (Å²) < 4.78 is 1.66. The smallest absolute Gasteiger partial charge is 0.207 e. The van der Waals surface area contributed by atoms with E-state index in [9.17, 15) is 0 Å². The Bertz CT molecular complexity index is 450. The molecule has 0 saturated carbocycles. The van der Waals surface area contributed by atoms with Crippen LogP contribution in [0.1, 0.15) is 19.7 Å². The monoisotopic (exact) mass is 209 g/mol. The van der Waals surface area contributed by atoms with Gasteiger partial charge in [0, 0.05) is 5.25 Å². The molecule has 0 N–H and O–H groups in total. The Balaban J connectivity index is 2.55. The highest BCUT2D eigenvalue weighted by atomic mass is 32.2. The van der Waals surface area contributed by atoms with Crippen LogP contribution in [0.2, 0.25) is 0 Å². The fourth-order valence-corrected chi connectivity index (χ4v) is 1.92. The first kappa shape index (κ1) is 9.39. The molecule has 0 radical (unpaired) electrons. The van der Waals surface area contributed by atoms with Crippen LogP contribution in [0.25, 0.3) is 5.78 Å². The molecule has 2 rings (SSSR count). The van der Waals surface area contributed by atoms with Crippen LogP contribution in [-0.4, -0.2) is 29.8 Å². The Kier molecular flexibility index (Phi) is 2.37. The van der Waals surface area contributed by atoms with E-state index in [0.717, 1.165) is 11.0 Å². The molecule has 5 nitrogen and oxygen atoms in total. The summed E-state index contributed by atoms with van der Waals surface area (Å²) in [6.45, 7) is 6.09. The standard InChI is InChI=1S/C8H11N5S/c1-5(2)14-8-12-6(3)11-7-9-4-10-13(7)8/h4-5H,1-3H3. The molecule has 14 heavy (non-hydrogen) atoms. The first-order valence-corrected chi connectivity index (χ1v) is 5.26. The first-order valence-electron chi connectivity index (χ1n) is 4.38. The minimum Gasteiger partial charge on any atom is -0.207 e. The molecule has 0 aliphatic carbocycles. The number of hydrogen-bond acceptors (Lipinski definition) is 5. The molecule has 0 amide bonds. The Morgan fingerprint density at radius 1 is 1.36 bits per heavy atom. The number of fused-ring (bicyclic) bond motifs is 1. The Morgan fingerprint density at radius 3 is 2.86 bits per heavy atom. The van der Waals surface area contributed by atoms with Crippen molar-refractivity contribution in [2.45, 2.75) is 31.2 Å². The Morgan fingerprint density at radius 2 is 2.14 bits per heavy atom. The topological polar surface area (TPSA) is 56.0 Å². The van der Waals surface area contributed by atoms with Crippen molar-refractivity contribution in [3.8, 4) is 0 Å². The third kappa shape index (κ3) is 1.70. The minimum atomic E-state index is 0.469. The zero-order valence-electron chi connectivity index (χ0n) is 8.30. The largest absolute Gasteiger partial charge is 0.256 e. The minimum absolute atomic E-state index is 0.469. The molecule has 6 heteroatoms. The van der Waals surface area contributed by atoms with Gasteiger partial charge >= 0.3 is 0 Å². The van der Waals surface area contributed by atoms with Crippen molar-refractivity contribution in [1.82, 2.24) is 24.6 Å². The summed E-state index contributed by atoms with van der Waals surface area (Å²) in [7, 11) is 0. The van der Waals surface area contributed by atoms with Gasteiger partial charge in [0.25, 0.3) is 5.78 Å². The van der Waals surface area contributed by atoms with Crippen LogP contribution in [0.3, 0.4) is 0 Å². The summed E-state index contributed by atoms with van der Waals surface area (Å²) in [6.07, 6.45) is 1.49. The van der Waals surface area contributed by atoms with E-state index in [1.807, 2.05) is 6.92 Å². The van der Waals surface area contributed by atoms with Crippen LogP contribution in [-0.2, 0) is 0 Å². The molecule has 0 spiro atoms. The number of aryl methyl sites for hydroxylation is 1. The molecule has 0 unspecified atom stereocenters. The fraction of sp³-hybridized carbons (Fsp3) is 0.500. The van der Waals surface area contributed by atoms with E-state index in [0.29, 0.717) is 11.0 Å². The molecule has 0 fully saturated rings. The van der Waals surface area contributed by atoms with Crippen molar-refractivity contribution < 1.29 is 0 Å². The van der Waals surface area contributed by atoms with Gasteiger partial charge in [0.15, 0.2) is 5.16 Å². The number of nitrogens with zero attached hydrogens (tertiary/aromatic N) is 5. The summed E-state index contributed by atoms with van der Waals surface area (Å²) in [5, 5.41) is 5.39. The fourth-order valence-electron chi connectivity index (χ4n) is 1.09. The molecule has 0 bridgehead atoms. The SMILES string of the molecule is Cc1nc(SC(C)C)n2ncnc2n1. The molecule has 0 aliphatic heterocycles. The molecule has 2 heterocycles. The van der Waals surface area contributed by atoms with Gasteiger partial charge in [-0.15, -0.1) is 0 Å². The molecule has 74 valence electrons. The van der Waals surface area contributed by atoms with Crippen molar-refractivity contribution >= 4 is 17.5 Å². The van der Waals surface area contributed by atoms with E-state index in [1.165, 1.54) is 6.33 Å². The average molecular weight is 209 g/mol. The molecular weight excluding hydrogens is 198 g/mol. The molecule has 2 aromatic rings. The van der Waals surface area contributed by atoms with Crippen molar-refractivity contribution in [2.75, 3.05) is 0 Å². The van der Waals surface area contributed by atoms with Crippen molar-refractivity contribution in [3.63, 3.8) is 0 Å². The third-order valence-corrected chi connectivity index (χ3v) is 2.52. The van der Waals surface area contributed by atoms with E-state index in [4.69, 9.17) is 0 Å². The lowest BCUT2D eigenvalue weighted by atomic mass is 10.6. The zero-order valence-corrected chi connectivity index (χ0v) is 9.12. The summed E-state index contributed by atoms with van der Waals surface area (Å²) in [6, 6.07) is 0. The number of hydrogen-bond donors (Lipinski definition) is 0. The average Bonchev–Trinajstić information content (AvgIpc) is 2.50. The van der Waals surface area contributed by atoms with Gasteiger partial charge in [-0.1, -0.05) is 25.6 Å². The van der Waals surface area contributed by atoms with Crippen molar-refractivity contribution in [1.29, 1.82) is 0 Å². The van der Waals surface area contributed by atoms with E-state index in [-0.39, 0.29) is 0 Å². The second kappa shape index (κ2) is 3.53. The van der Waals surface area contributed by atoms with Gasteiger partial charge in [0.05, 0.1) is 0 Å². The first-order chi connectivity index (χ1) is 6.66. The second-order valence-corrected chi connectivity index (χ2v) is 4.74. The van der Waals surface area contributed by atoms with E-state index in [1.54, 1.807) is 16.3 Å². The van der Waals surface area contributed by atoms with Crippen LogP contribution in [0.5, 0.6) is 0 Å². The maximum Gasteiger partial charge on any atom is 0.256 e. The lowest BCUT2D eigenvalue weighted by Gasteiger charge is -2.05. The normalized spacial score (nSPS) is 11.4. The molecule has 0 aromatic carbocycles. The highest BCUT2D eigenvalue weighted by Crippen LogP contribution is 2.20. The Labute approximate surface area is 86.0 Å². The van der Waals surface area contributed by atoms with Gasteiger partial charge in [-0.3, -0.25) is 0 Å². The quantitative estimate of drug-likeness (QED) is 0.698. The summed E-state index contributed by atoms with van der Waals surface area (Å²) in [5.41, 5.74) is 0.